The van der Waals surface area contributed by atoms with Crippen LogP contribution in [0, 0.1) is 5.82 Å². The highest BCUT2D eigenvalue weighted by molar-refractivity contribution is 5.92. The van der Waals surface area contributed by atoms with Gasteiger partial charge in [-0.3, -0.25) is 14.2 Å². The van der Waals surface area contributed by atoms with Crippen LogP contribution in [0.15, 0.2) is 71.5 Å². The minimum absolute atomic E-state index is 0.0461. The first-order chi connectivity index (χ1) is 17.0. The van der Waals surface area contributed by atoms with Crippen LogP contribution >= 0.6 is 0 Å². The predicted octanol–water partition coefficient (Wildman–Crippen LogP) is 4.13. The first kappa shape index (κ1) is 22.3. The zero-order chi connectivity index (χ0) is 24.4. The fraction of sp³-hybridized carbons (Fsp3) is 0.154. The van der Waals surface area contributed by atoms with Gasteiger partial charge in [0, 0.05) is 29.2 Å². The molecule has 35 heavy (non-hydrogen) atoms. The van der Waals surface area contributed by atoms with Crippen LogP contribution in [0.1, 0.15) is 5.56 Å². The van der Waals surface area contributed by atoms with Crippen LogP contribution in [0.5, 0.6) is 17.2 Å². The second-order valence-electron chi connectivity index (χ2n) is 7.94. The maximum Gasteiger partial charge on any atom is 0.256 e. The molecule has 0 unspecified atom stereocenters. The SMILES string of the molecule is COc1ccc(NCc2cc3cc4c(cc3n(CC(=O)Nc3ccccc3F)c2=O)OCO4)cc1. The van der Waals surface area contributed by atoms with Gasteiger partial charge in [0.05, 0.1) is 18.3 Å². The lowest BCUT2D eigenvalue weighted by Crippen LogP contribution is -2.30. The summed E-state index contributed by atoms with van der Waals surface area (Å²) in [5.41, 5.74) is 1.47. The lowest BCUT2D eigenvalue weighted by Gasteiger charge is -2.15. The van der Waals surface area contributed by atoms with Gasteiger partial charge in [-0.1, -0.05) is 12.1 Å². The Kier molecular flexibility index (Phi) is 5.97. The van der Waals surface area contributed by atoms with Gasteiger partial charge in [0.15, 0.2) is 11.5 Å². The van der Waals surface area contributed by atoms with Crippen molar-refractivity contribution >= 4 is 28.2 Å². The molecule has 0 saturated carbocycles. The van der Waals surface area contributed by atoms with Gasteiger partial charge in [0.25, 0.3) is 5.56 Å². The topological polar surface area (TPSA) is 90.8 Å². The second-order valence-corrected chi connectivity index (χ2v) is 7.94. The van der Waals surface area contributed by atoms with E-state index < -0.39 is 11.7 Å². The van der Waals surface area contributed by atoms with Gasteiger partial charge in [-0.25, -0.2) is 4.39 Å². The minimum atomic E-state index is -0.557. The van der Waals surface area contributed by atoms with Gasteiger partial charge in [-0.15, -0.1) is 0 Å². The lowest BCUT2D eigenvalue weighted by molar-refractivity contribution is -0.116. The summed E-state index contributed by atoms with van der Waals surface area (Å²) < 4.78 is 31.5. The van der Waals surface area contributed by atoms with Crippen molar-refractivity contribution in [2.45, 2.75) is 13.1 Å². The molecule has 1 amide bonds. The molecule has 9 heteroatoms. The fourth-order valence-corrected chi connectivity index (χ4v) is 3.91. The van der Waals surface area contributed by atoms with Gasteiger partial charge in [-0.2, -0.15) is 0 Å². The predicted molar refractivity (Wildman–Crippen MR) is 130 cm³/mol. The highest BCUT2D eigenvalue weighted by atomic mass is 19.1. The lowest BCUT2D eigenvalue weighted by atomic mass is 10.1. The van der Waals surface area contributed by atoms with Gasteiger partial charge in [0.1, 0.15) is 18.1 Å². The maximum absolute atomic E-state index is 14.0. The van der Waals surface area contributed by atoms with Crippen LogP contribution in [0.2, 0.25) is 0 Å². The third-order valence-electron chi connectivity index (χ3n) is 5.68. The average Bonchev–Trinajstić information content (AvgIpc) is 3.33. The maximum atomic E-state index is 14.0. The van der Waals surface area contributed by atoms with Crippen molar-refractivity contribution in [3.63, 3.8) is 0 Å². The van der Waals surface area contributed by atoms with Crippen LogP contribution in [0.4, 0.5) is 15.8 Å². The number of aromatic nitrogens is 1. The van der Waals surface area contributed by atoms with Crippen molar-refractivity contribution in [3.05, 3.63) is 88.5 Å². The molecule has 0 bridgehead atoms. The van der Waals surface area contributed by atoms with Crippen LogP contribution in [-0.4, -0.2) is 24.4 Å². The summed E-state index contributed by atoms with van der Waals surface area (Å²) in [5, 5.41) is 6.46. The molecule has 5 rings (SSSR count). The van der Waals surface area contributed by atoms with Crippen molar-refractivity contribution in [2.24, 2.45) is 0 Å². The number of pyridine rings is 1. The number of para-hydroxylation sites is 1. The number of halogens is 1. The Morgan fingerprint density at radius 1 is 1.06 bits per heavy atom. The second kappa shape index (κ2) is 9.38. The molecular formula is C26H22FN3O5. The number of ether oxygens (including phenoxy) is 3. The van der Waals surface area contributed by atoms with Crippen molar-refractivity contribution in [1.29, 1.82) is 0 Å². The van der Waals surface area contributed by atoms with E-state index in [9.17, 15) is 14.0 Å². The van der Waals surface area contributed by atoms with E-state index >= 15 is 0 Å². The number of nitrogens with zero attached hydrogens (tertiary/aromatic N) is 1. The smallest absolute Gasteiger partial charge is 0.256 e. The number of hydrogen-bond acceptors (Lipinski definition) is 6. The molecule has 178 valence electrons. The summed E-state index contributed by atoms with van der Waals surface area (Å²) in [5.74, 6) is 0.688. The summed E-state index contributed by atoms with van der Waals surface area (Å²) in [6.07, 6.45) is 0. The van der Waals surface area contributed by atoms with E-state index in [-0.39, 0.29) is 31.1 Å². The molecule has 1 aliphatic heterocycles. The van der Waals surface area contributed by atoms with Gasteiger partial charge in [0.2, 0.25) is 12.7 Å². The minimum Gasteiger partial charge on any atom is -0.497 e. The van der Waals surface area contributed by atoms with Crippen LogP contribution in [0.3, 0.4) is 0 Å². The van der Waals surface area contributed by atoms with E-state index in [1.165, 1.54) is 22.8 Å². The molecule has 0 radical (unpaired) electrons. The molecule has 8 nitrogen and oxygen atoms in total. The van der Waals surface area contributed by atoms with Gasteiger partial charge >= 0.3 is 0 Å². The molecule has 0 atom stereocenters. The monoisotopic (exact) mass is 475 g/mol. The Labute approximate surface area is 199 Å². The van der Waals surface area contributed by atoms with Crippen molar-refractivity contribution < 1.29 is 23.4 Å². The van der Waals surface area contributed by atoms with Gasteiger partial charge < -0.3 is 24.8 Å². The van der Waals surface area contributed by atoms with E-state index in [4.69, 9.17) is 14.2 Å². The van der Waals surface area contributed by atoms with Gasteiger partial charge in [-0.05, 0) is 48.5 Å². The number of fused-ring (bicyclic) bond motifs is 2. The number of carbonyl (C=O) groups excluding carboxylic acids is 1. The molecule has 1 aromatic heterocycles. The van der Waals surface area contributed by atoms with Crippen molar-refractivity contribution in [1.82, 2.24) is 4.57 Å². The summed E-state index contributed by atoms with van der Waals surface area (Å²) in [7, 11) is 1.59. The zero-order valence-electron chi connectivity index (χ0n) is 18.8. The Balaban J connectivity index is 1.48. The third kappa shape index (κ3) is 4.61. The van der Waals surface area contributed by atoms with Crippen LogP contribution in [-0.2, 0) is 17.9 Å². The molecule has 0 aliphatic carbocycles. The molecule has 1 aliphatic rings. The number of carbonyl (C=O) groups is 1. The Morgan fingerprint density at radius 3 is 2.54 bits per heavy atom. The summed E-state index contributed by atoms with van der Waals surface area (Å²) in [6, 6.07) is 18.4. The van der Waals surface area contributed by atoms with E-state index in [2.05, 4.69) is 10.6 Å². The van der Waals surface area contributed by atoms with Crippen molar-refractivity contribution in [2.75, 3.05) is 24.5 Å². The van der Waals surface area contributed by atoms with E-state index in [1.54, 1.807) is 31.4 Å². The number of hydrogen-bond donors (Lipinski definition) is 2. The Bertz CT molecular complexity index is 1470. The quantitative estimate of drug-likeness (QED) is 0.418. The Morgan fingerprint density at radius 2 is 1.80 bits per heavy atom. The molecule has 2 heterocycles. The number of rotatable bonds is 7. The van der Waals surface area contributed by atoms with Crippen molar-refractivity contribution in [3.8, 4) is 17.2 Å². The number of nitrogens with one attached hydrogen (secondary N) is 2. The molecule has 3 aromatic carbocycles. The molecule has 0 saturated heterocycles. The number of benzene rings is 3. The zero-order valence-corrected chi connectivity index (χ0v) is 18.8. The standard InChI is InChI=1S/C26H22FN3O5/c1-33-19-8-6-18(7-9-19)28-13-17-10-16-11-23-24(35-15-34-23)12-22(16)30(26(17)32)14-25(31)29-21-5-3-2-4-20(21)27/h2-12,28H,13-15H2,1H3,(H,29,31). The first-order valence-electron chi connectivity index (χ1n) is 10.9. The summed E-state index contributed by atoms with van der Waals surface area (Å²) in [6.45, 7) is -0.000294. The molecule has 4 aromatic rings. The van der Waals surface area contributed by atoms with E-state index in [1.807, 2.05) is 24.3 Å². The summed E-state index contributed by atoms with van der Waals surface area (Å²) in [4.78, 5) is 26.2. The van der Waals surface area contributed by atoms with Crippen LogP contribution < -0.4 is 30.4 Å². The molecule has 0 spiro atoms. The summed E-state index contributed by atoms with van der Waals surface area (Å²) >= 11 is 0. The fourth-order valence-electron chi connectivity index (χ4n) is 3.91. The number of methoxy groups -OCH3 is 1. The Hall–Kier alpha value is -4.53. The van der Waals surface area contributed by atoms with E-state index in [0.29, 0.717) is 28.0 Å². The number of amides is 1. The molecule has 2 N–H and O–H groups in total. The highest BCUT2D eigenvalue weighted by Gasteiger charge is 2.19. The molecular weight excluding hydrogens is 453 g/mol. The molecule has 0 fully saturated rings. The average molecular weight is 475 g/mol. The van der Waals surface area contributed by atoms with E-state index in [0.717, 1.165) is 11.4 Å². The highest BCUT2D eigenvalue weighted by Crippen LogP contribution is 2.36. The third-order valence-corrected chi connectivity index (χ3v) is 5.68. The first-order valence-corrected chi connectivity index (χ1v) is 10.9. The normalized spacial score (nSPS) is 11.9. The van der Waals surface area contributed by atoms with Crippen LogP contribution in [0.25, 0.3) is 10.9 Å². The largest absolute Gasteiger partial charge is 0.497 e. The number of anilines is 2.